The van der Waals surface area contributed by atoms with Gasteiger partial charge in [0.2, 0.25) is 11.8 Å². The van der Waals surface area contributed by atoms with Gasteiger partial charge in [0.05, 0.1) is 13.0 Å². The van der Waals surface area contributed by atoms with E-state index in [-0.39, 0.29) is 32.5 Å². The molecule has 2 atom stereocenters. The van der Waals surface area contributed by atoms with Crippen LogP contribution in [0.3, 0.4) is 0 Å². The monoisotopic (exact) mass is 553 g/mol. The summed E-state index contributed by atoms with van der Waals surface area (Å²) in [6.07, 6.45) is 0.0847. The van der Waals surface area contributed by atoms with Crippen LogP contribution in [0.1, 0.15) is 70.2 Å². The van der Waals surface area contributed by atoms with E-state index in [4.69, 9.17) is 9.47 Å². The normalized spacial score (nSPS) is 12.6. The highest BCUT2D eigenvalue weighted by atomic mass is 16.6. The highest BCUT2D eigenvalue weighted by Gasteiger charge is 2.36. The maximum atomic E-state index is 14.2. The lowest BCUT2D eigenvalue weighted by Gasteiger charge is -2.34. The molecular weight excluding hydrogens is 510 g/mol. The fourth-order valence-corrected chi connectivity index (χ4v) is 4.24. The molecule has 0 aromatic heterocycles. The first kappa shape index (κ1) is 32.3. The van der Waals surface area contributed by atoms with Gasteiger partial charge in [-0.3, -0.25) is 14.4 Å². The van der Waals surface area contributed by atoms with Crippen LogP contribution in [0.2, 0.25) is 0 Å². The van der Waals surface area contributed by atoms with Gasteiger partial charge in [0, 0.05) is 19.5 Å². The molecule has 0 aliphatic heterocycles. The maximum absolute atomic E-state index is 14.2. The summed E-state index contributed by atoms with van der Waals surface area (Å²) in [5.74, 6) is -1.25. The Bertz CT molecular complexity index is 1130. The van der Waals surface area contributed by atoms with E-state index in [2.05, 4.69) is 10.6 Å². The van der Waals surface area contributed by atoms with Crippen molar-refractivity contribution in [3.05, 3.63) is 71.3 Å². The minimum atomic E-state index is -0.983. The number of carbonyl (C=O) groups excluding carboxylic acids is 4. The molecule has 2 rings (SSSR count). The number of amides is 3. The Morgan fingerprint density at radius 2 is 1.68 bits per heavy atom. The second-order valence-corrected chi connectivity index (χ2v) is 10.6. The highest BCUT2D eigenvalue weighted by molar-refractivity contribution is 5.92. The number of rotatable bonds is 13. The summed E-state index contributed by atoms with van der Waals surface area (Å²) < 4.78 is 10.4. The third-order valence-corrected chi connectivity index (χ3v) is 5.87. The lowest BCUT2D eigenvalue weighted by atomic mass is 9.99. The highest BCUT2D eigenvalue weighted by Crippen LogP contribution is 2.25. The lowest BCUT2D eigenvalue weighted by molar-refractivity contribution is -0.144. The van der Waals surface area contributed by atoms with Crippen LogP contribution in [0.15, 0.2) is 54.6 Å². The number of esters is 1. The first-order valence-electron chi connectivity index (χ1n) is 13.8. The van der Waals surface area contributed by atoms with E-state index in [1.54, 1.807) is 33.8 Å². The van der Waals surface area contributed by atoms with Crippen LogP contribution >= 0.6 is 0 Å². The van der Waals surface area contributed by atoms with Crippen molar-refractivity contribution in [3.8, 4) is 0 Å². The predicted molar refractivity (Wildman–Crippen MR) is 153 cm³/mol. The van der Waals surface area contributed by atoms with E-state index < -0.39 is 41.6 Å². The molecule has 0 spiro atoms. The van der Waals surface area contributed by atoms with E-state index in [9.17, 15) is 19.2 Å². The Kier molecular flexibility index (Phi) is 12.6. The number of carbonyl (C=O) groups is 4. The maximum Gasteiger partial charge on any atom is 0.408 e. The summed E-state index contributed by atoms with van der Waals surface area (Å²) in [5, 5.41) is 5.54. The van der Waals surface area contributed by atoms with Gasteiger partial charge in [-0.25, -0.2) is 4.79 Å². The molecule has 2 aromatic rings. The first-order valence-corrected chi connectivity index (χ1v) is 13.8. The van der Waals surface area contributed by atoms with Crippen molar-refractivity contribution in [2.75, 3.05) is 19.7 Å². The standard InChI is InChI=1S/C31H43N3O6/c1-7-19-34(27(24-16-12-13-22(3)20-24)28(36)32-18-17-26(35)39-8-2)29(37)25(21-23-14-10-9-11-15-23)33-30(38)40-31(4,5)6/h9-16,20,25,27H,7-8,17-19,21H2,1-6H3,(H,32,36)(H,33,38). The second-order valence-electron chi connectivity index (χ2n) is 10.6. The summed E-state index contributed by atoms with van der Waals surface area (Å²) in [6.45, 7) is 11.4. The smallest absolute Gasteiger partial charge is 0.408 e. The van der Waals surface area contributed by atoms with Crippen LogP contribution in [-0.2, 0) is 30.3 Å². The molecule has 2 unspecified atom stereocenters. The number of aryl methyl sites for hydroxylation is 1. The van der Waals surface area contributed by atoms with Gasteiger partial charge in [-0.05, 0) is 52.2 Å². The summed E-state index contributed by atoms with van der Waals surface area (Å²) in [5.41, 5.74) is 1.65. The average molecular weight is 554 g/mol. The predicted octanol–water partition coefficient (Wildman–Crippen LogP) is 4.48. The van der Waals surface area contributed by atoms with Crippen LogP contribution in [0, 0.1) is 6.92 Å². The Morgan fingerprint density at radius 3 is 2.27 bits per heavy atom. The minimum absolute atomic E-state index is 0.0126. The topological polar surface area (TPSA) is 114 Å². The SMILES string of the molecule is CCCN(C(=O)C(Cc1ccccc1)NC(=O)OC(C)(C)C)C(C(=O)NCCC(=O)OCC)c1cccc(C)c1. The second kappa shape index (κ2) is 15.6. The van der Waals surface area contributed by atoms with E-state index in [1.807, 2.05) is 62.4 Å². The van der Waals surface area contributed by atoms with Crippen molar-refractivity contribution in [2.24, 2.45) is 0 Å². The number of nitrogens with one attached hydrogen (secondary N) is 2. The first-order chi connectivity index (χ1) is 18.9. The molecule has 2 N–H and O–H groups in total. The number of nitrogens with zero attached hydrogens (tertiary/aromatic N) is 1. The molecule has 0 saturated heterocycles. The van der Waals surface area contributed by atoms with Crippen LogP contribution in [0.4, 0.5) is 4.79 Å². The summed E-state index contributed by atoms with van der Waals surface area (Å²) in [6, 6.07) is 14.8. The largest absolute Gasteiger partial charge is 0.466 e. The van der Waals surface area contributed by atoms with Gasteiger partial charge in [-0.1, -0.05) is 67.1 Å². The summed E-state index contributed by atoms with van der Waals surface area (Å²) >= 11 is 0. The zero-order chi connectivity index (χ0) is 29.7. The Hall–Kier alpha value is -3.88. The van der Waals surface area contributed by atoms with Crippen LogP contribution in [-0.4, -0.2) is 60.1 Å². The fraction of sp³-hybridized carbons (Fsp3) is 0.484. The molecule has 0 heterocycles. The molecule has 0 fully saturated rings. The van der Waals surface area contributed by atoms with E-state index in [1.165, 1.54) is 4.90 Å². The average Bonchev–Trinajstić information content (AvgIpc) is 2.87. The Balaban J connectivity index is 2.44. The van der Waals surface area contributed by atoms with Crippen LogP contribution in [0.5, 0.6) is 0 Å². The number of hydrogen-bond donors (Lipinski definition) is 2. The van der Waals surface area contributed by atoms with Gasteiger partial charge in [-0.15, -0.1) is 0 Å². The number of benzene rings is 2. The number of alkyl carbamates (subject to hydrolysis) is 1. The molecular formula is C31H43N3O6. The van der Waals surface area contributed by atoms with Crippen molar-refractivity contribution in [1.82, 2.24) is 15.5 Å². The molecule has 40 heavy (non-hydrogen) atoms. The zero-order valence-electron chi connectivity index (χ0n) is 24.5. The number of ether oxygens (including phenoxy) is 2. The van der Waals surface area contributed by atoms with Gasteiger partial charge >= 0.3 is 12.1 Å². The molecule has 0 aliphatic rings. The van der Waals surface area contributed by atoms with Crippen LogP contribution in [0.25, 0.3) is 0 Å². The Morgan fingerprint density at radius 1 is 0.975 bits per heavy atom. The molecule has 2 aromatic carbocycles. The molecule has 3 amide bonds. The van der Waals surface area contributed by atoms with E-state index in [0.29, 0.717) is 12.0 Å². The minimum Gasteiger partial charge on any atom is -0.466 e. The van der Waals surface area contributed by atoms with Crippen molar-refractivity contribution >= 4 is 23.9 Å². The molecule has 0 saturated carbocycles. The fourth-order valence-electron chi connectivity index (χ4n) is 4.24. The van der Waals surface area contributed by atoms with Crippen molar-refractivity contribution in [3.63, 3.8) is 0 Å². The molecule has 0 aliphatic carbocycles. The van der Waals surface area contributed by atoms with E-state index >= 15 is 0 Å². The quantitative estimate of drug-likeness (QED) is 0.354. The van der Waals surface area contributed by atoms with Crippen LogP contribution < -0.4 is 10.6 Å². The molecule has 0 radical (unpaired) electrons. The molecule has 9 nitrogen and oxygen atoms in total. The lowest BCUT2D eigenvalue weighted by Crippen LogP contribution is -2.54. The van der Waals surface area contributed by atoms with Crippen molar-refractivity contribution in [1.29, 1.82) is 0 Å². The third-order valence-electron chi connectivity index (χ3n) is 5.87. The van der Waals surface area contributed by atoms with Crippen molar-refractivity contribution in [2.45, 2.75) is 78.5 Å². The summed E-state index contributed by atoms with van der Waals surface area (Å²) in [7, 11) is 0. The van der Waals surface area contributed by atoms with E-state index in [0.717, 1.165) is 11.1 Å². The van der Waals surface area contributed by atoms with Gasteiger partial charge in [-0.2, -0.15) is 0 Å². The van der Waals surface area contributed by atoms with Gasteiger partial charge in [0.1, 0.15) is 17.7 Å². The van der Waals surface area contributed by atoms with Gasteiger partial charge in [0.25, 0.3) is 0 Å². The van der Waals surface area contributed by atoms with Gasteiger partial charge < -0.3 is 25.0 Å². The summed E-state index contributed by atoms with van der Waals surface area (Å²) in [4.78, 5) is 54.0. The molecule has 0 bridgehead atoms. The van der Waals surface area contributed by atoms with Gasteiger partial charge in [0.15, 0.2) is 0 Å². The Labute approximate surface area is 237 Å². The molecule has 9 heteroatoms. The van der Waals surface area contributed by atoms with Crippen molar-refractivity contribution < 1.29 is 28.7 Å². The zero-order valence-corrected chi connectivity index (χ0v) is 24.5. The molecule has 218 valence electrons. The third kappa shape index (κ3) is 10.7. The number of hydrogen-bond acceptors (Lipinski definition) is 6.